The van der Waals surface area contributed by atoms with Gasteiger partial charge in [-0.2, -0.15) is 0 Å². The maximum absolute atomic E-state index is 9.27. The minimum atomic E-state index is -0.0404. The minimum Gasteiger partial charge on any atom is -0.396 e. The Hall–Kier alpha value is -4.02. The molecule has 48 heavy (non-hydrogen) atoms. The first-order valence-electron chi connectivity index (χ1n) is 15.0. The van der Waals surface area contributed by atoms with Crippen LogP contribution in [0.3, 0.4) is 0 Å². The summed E-state index contributed by atoms with van der Waals surface area (Å²) in [5.41, 5.74) is 9.44. The number of hydrogen-bond acceptors (Lipinski definition) is 12. The van der Waals surface area contributed by atoms with Crippen molar-refractivity contribution in [2.75, 3.05) is 17.2 Å². The lowest BCUT2D eigenvalue weighted by molar-refractivity contribution is 0.275. The Morgan fingerprint density at radius 1 is 0.667 bits per heavy atom. The molecule has 8 rings (SSSR count). The number of aliphatic hydroxyl groups is 1. The Labute approximate surface area is 302 Å². The van der Waals surface area contributed by atoms with Crippen LogP contribution < -0.4 is 10.6 Å². The molecule has 0 saturated carbocycles. The van der Waals surface area contributed by atoms with E-state index in [9.17, 15) is 5.11 Å². The van der Waals surface area contributed by atoms with E-state index in [1.54, 1.807) is 47.1 Å². The van der Waals surface area contributed by atoms with E-state index in [1.807, 2.05) is 53.5 Å². The van der Waals surface area contributed by atoms with Crippen LogP contribution in [0.5, 0.6) is 0 Å². The largest absolute Gasteiger partial charge is 0.396 e. The molecule has 4 aromatic carbocycles. The van der Waals surface area contributed by atoms with E-state index in [4.69, 9.17) is 0 Å². The van der Waals surface area contributed by atoms with E-state index in [0.29, 0.717) is 0 Å². The standard InChI is InChI=1S/C20H20N4OS2.C15H9IN4S/c1-20(2,7-8-25)27-14-4-5-16-15(10-14)19(22-11-21-16)24-13-3-6-18-17(9-13)23-12-26-18;16-9-1-3-12-11(5-9)15(18-7-17-12)20-10-2-4-14-13(6-10)19-8-21-14/h3-6,9-12,25H,7-8H2,1-2H3,(H,21,22,24);1-8H,(H,17,18,20). The van der Waals surface area contributed by atoms with Crippen molar-refractivity contribution in [3.8, 4) is 0 Å². The zero-order valence-corrected chi connectivity index (χ0v) is 30.5. The van der Waals surface area contributed by atoms with Crippen molar-refractivity contribution in [1.82, 2.24) is 29.9 Å². The maximum atomic E-state index is 9.27. The summed E-state index contributed by atoms with van der Waals surface area (Å²) in [7, 11) is 0. The van der Waals surface area contributed by atoms with E-state index >= 15 is 0 Å². The smallest absolute Gasteiger partial charge is 0.141 e. The fraction of sp³-hybridized carbons (Fsp3) is 0.143. The minimum absolute atomic E-state index is 0.0404. The first-order chi connectivity index (χ1) is 23.3. The number of nitrogens with zero attached hydrogens (tertiary/aromatic N) is 6. The summed E-state index contributed by atoms with van der Waals surface area (Å²) in [6.07, 6.45) is 3.90. The number of benzene rings is 4. The molecule has 0 aliphatic rings. The highest BCUT2D eigenvalue weighted by molar-refractivity contribution is 14.1. The molecular formula is C35H29IN8OS3. The molecule has 240 valence electrons. The number of fused-ring (bicyclic) bond motifs is 4. The molecule has 4 heterocycles. The van der Waals surface area contributed by atoms with Gasteiger partial charge in [-0.25, -0.2) is 29.9 Å². The Kier molecular flexibility index (Phi) is 9.64. The highest BCUT2D eigenvalue weighted by Crippen LogP contribution is 2.37. The van der Waals surface area contributed by atoms with Crippen LogP contribution in [0.15, 0.2) is 101 Å². The van der Waals surface area contributed by atoms with Gasteiger partial charge in [0.1, 0.15) is 24.3 Å². The highest BCUT2D eigenvalue weighted by atomic mass is 127. The van der Waals surface area contributed by atoms with Crippen molar-refractivity contribution in [1.29, 1.82) is 0 Å². The second-order valence-corrected chi connectivity index (χ2v) is 16.2. The second kappa shape index (κ2) is 14.2. The number of aliphatic hydroxyl groups excluding tert-OH is 1. The first-order valence-corrected chi connectivity index (χ1v) is 18.6. The summed E-state index contributed by atoms with van der Waals surface area (Å²) in [5, 5.41) is 18.0. The van der Waals surface area contributed by atoms with Gasteiger partial charge in [0.05, 0.1) is 42.5 Å². The third-order valence-corrected chi connectivity index (χ3v) is 11.0. The van der Waals surface area contributed by atoms with Crippen LogP contribution in [0.2, 0.25) is 0 Å². The summed E-state index contributed by atoms with van der Waals surface area (Å²) in [6.45, 7) is 4.46. The van der Waals surface area contributed by atoms with E-state index in [2.05, 4.69) is 107 Å². The summed E-state index contributed by atoms with van der Waals surface area (Å²) >= 11 is 7.32. The molecule has 8 aromatic rings. The average molecular weight is 801 g/mol. The van der Waals surface area contributed by atoms with Crippen LogP contribution in [-0.4, -0.2) is 46.4 Å². The lowest BCUT2D eigenvalue weighted by Crippen LogP contribution is -2.16. The van der Waals surface area contributed by atoms with E-state index in [0.717, 1.165) is 75.4 Å². The van der Waals surface area contributed by atoms with Gasteiger partial charge in [0.25, 0.3) is 0 Å². The molecule has 13 heteroatoms. The molecule has 0 bridgehead atoms. The number of rotatable bonds is 8. The molecule has 0 amide bonds. The molecule has 0 aliphatic heterocycles. The predicted molar refractivity (Wildman–Crippen MR) is 209 cm³/mol. The number of thiazole rings is 2. The van der Waals surface area contributed by atoms with Crippen LogP contribution in [0.1, 0.15) is 20.3 Å². The molecule has 0 spiro atoms. The lowest BCUT2D eigenvalue weighted by atomic mass is 10.1. The van der Waals surface area contributed by atoms with E-state index in [-0.39, 0.29) is 11.4 Å². The summed E-state index contributed by atoms with van der Waals surface area (Å²) in [5.74, 6) is 1.59. The second-order valence-electron chi connectivity index (χ2n) is 11.4. The summed E-state index contributed by atoms with van der Waals surface area (Å²) in [4.78, 5) is 27.4. The van der Waals surface area contributed by atoms with Gasteiger partial charge < -0.3 is 15.7 Å². The van der Waals surface area contributed by atoms with Crippen molar-refractivity contribution in [3.63, 3.8) is 0 Å². The van der Waals surface area contributed by atoms with Crippen LogP contribution in [0, 0.1) is 3.57 Å². The molecule has 4 aromatic heterocycles. The number of aromatic nitrogens is 6. The molecule has 0 atom stereocenters. The Balaban J connectivity index is 0.000000156. The quantitative estimate of drug-likeness (QED) is 0.101. The van der Waals surface area contributed by atoms with Gasteiger partial charge in [0.15, 0.2) is 0 Å². The summed E-state index contributed by atoms with van der Waals surface area (Å²) < 4.78 is 3.47. The normalized spacial score (nSPS) is 11.6. The van der Waals surface area contributed by atoms with Gasteiger partial charge in [-0.3, -0.25) is 0 Å². The number of halogens is 1. The lowest BCUT2D eigenvalue weighted by Gasteiger charge is -2.23. The molecule has 9 nitrogen and oxygen atoms in total. The van der Waals surface area contributed by atoms with Crippen molar-refractivity contribution < 1.29 is 5.11 Å². The van der Waals surface area contributed by atoms with Crippen LogP contribution in [-0.2, 0) is 0 Å². The molecule has 3 N–H and O–H groups in total. The van der Waals surface area contributed by atoms with Crippen molar-refractivity contribution >= 4 is 122 Å². The van der Waals surface area contributed by atoms with Crippen molar-refractivity contribution in [2.24, 2.45) is 0 Å². The predicted octanol–water partition coefficient (Wildman–Crippen LogP) is 9.82. The van der Waals surface area contributed by atoms with Gasteiger partial charge in [-0.15, -0.1) is 34.4 Å². The number of nitrogens with one attached hydrogen (secondary N) is 2. The maximum Gasteiger partial charge on any atom is 0.141 e. The first kappa shape index (κ1) is 32.5. The SMILES string of the molecule is CC(C)(CCO)Sc1ccc2ncnc(Nc3ccc4scnc4c3)c2c1.Ic1ccc2ncnc(Nc3ccc4scnc4c3)c2c1. The van der Waals surface area contributed by atoms with Gasteiger partial charge in [-0.05, 0) is 102 Å². The topological polar surface area (TPSA) is 122 Å². The number of hydrogen-bond donors (Lipinski definition) is 3. The van der Waals surface area contributed by atoms with Crippen LogP contribution in [0.4, 0.5) is 23.0 Å². The molecular weight excluding hydrogens is 772 g/mol. The van der Waals surface area contributed by atoms with Crippen molar-refractivity contribution in [2.45, 2.75) is 29.9 Å². The Bertz CT molecular complexity index is 2380. The van der Waals surface area contributed by atoms with Gasteiger partial charge >= 0.3 is 0 Å². The van der Waals surface area contributed by atoms with Crippen molar-refractivity contribution in [3.05, 3.63) is 100 Å². The highest BCUT2D eigenvalue weighted by Gasteiger charge is 2.19. The van der Waals surface area contributed by atoms with Gasteiger partial charge in [0.2, 0.25) is 0 Å². The third-order valence-electron chi connectivity index (χ3n) is 7.50. The zero-order chi connectivity index (χ0) is 33.1. The molecule has 0 radical (unpaired) electrons. The van der Waals surface area contributed by atoms with Crippen LogP contribution in [0.25, 0.3) is 42.2 Å². The third kappa shape index (κ3) is 7.50. The zero-order valence-electron chi connectivity index (χ0n) is 25.9. The Morgan fingerprint density at radius 2 is 1.23 bits per heavy atom. The van der Waals surface area contributed by atoms with E-state index in [1.165, 1.54) is 4.70 Å². The fourth-order valence-corrected chi connectivity index (χ4v) is 8.06. The Morgan fingerprint density at radius 3 is 1.81 bits per heavy atom. The van der Waals surface area contributed by atoms with E-state index < -0.39 is 0 Å². The summed E-state index contributed by atoms with van der Waals surface area (Å²) in [6, 6.07) is 24.6. The fourth-order valence-electron chi connectivity index (χ4n) is 5.11. The molecule has 0 fully saturated rings. The molecule has 0 saturated heterocycles. The van der Waals surface area contributed by atoms with Gasteiger partial charge in [0, 0.05) is 42.0 Å². The average Bonchev–Trinajstić information content (AvgIpc) is 3.75. The monoisotopic (exact) mass is 800 g/mol. The molecule has 0 unspecified atom stereocenters. The number of thioether (sulfide) groups is 1. The number of anilines is 4. The van der Waals surface area contributed by atoms with Crippen LogP contribution >= 0.6 is 57.0 Å². The van der Waals surface area contributed by atoms with Gasteiger partial charge in [-0.1, -0.05) is 13.8 Å². The molecule has 0 aliphatic carbocycles.